The van der Waals surface area contributed by atoms with Gasteiger partial charge >= 0.3 is 0 Å². The molecule has 2 heterocycles. The maximum absolute atomic E-state index is 9.63. The predicted molar refractivity (Wildman–Crippen MR) is 74.5 cm³/mol. The summed E-state index contributed by atoms with van der Waals surface area (Å²) in [6.45, 7) is 1.55. The van der Waals surface area contributed by atoms with Crippen molar-refractivity contribution in [3.63, 3.8) is 0 Å². The molecule has 1 aliphatic rings. The molecular weight excluding hydrogens is 256 g/mol. The van der Waals surface area contributed by atoms with E-state index in [1.54, 1.807) is 18.2 Å². The van der Waals surface area contributed by atoms with Gasteiger partial charge in [-0.25, -0.2) is 9.67 Å². The van der Waals surface area contributed by atoms with Gasteiger partial charge in [-0.15, -0.1) is 0 Å². The minimum atomic E-state index is 0.114. The third-order valence-corrected chi connectivity index (χ3v) is 3.74. The van der Waals surface area contributed by atoms with E-state index in [0.717, 1.165) is 30.8 Å². The minimum Gasteiger partial charge on any atom is -0.504 e. The molecule has 1 unspecified atom stereocenters. The second-order valence-electron chi connectivity index (χ2n) is 5.06. The first-order valence-electron chi connectivity index (χ1n) is 6.72. The van der Waals surface area contributed by atoms with Crippen LogP contribution in [0.15, 0.2) is 18.2 Å². The van der Waals surface area contributed by atoms with Crippen LogP contribution in [0, 0.1) is 5.92 Å². The van der Waals surface area contributed by atoms with Crippen LogP contribution in [0.1, 0.15) is 12.2 Å². The number of phenolic OH excluding ortho intramolecular Hbond substituents is 1. The number of ether oxygens (including phenoxy) is 1. The van der Waals surface area contributed by atoms with Gasteiger partial charge in [0.15, 0.2) is 17.3 Å². The van der Waals surface area contributed by atoms with E-state index in [9.17, 15) is 5.11 Å². The number of nitrogens with two attached hydrogens (primary N) is 1. The molecule has 6 nitrogen and oxygen atoms in total. The van der Waals surface area contributed by atoms with Gasteiger partial charge in [0.05, 0.1) is 7.11 Å². The molecule has 3 N–H and O–H groups in total. The molecule has 6 heteroatoms. The average Bonchev–Trinajstić information content (AvgIpc) is 2.90. The van der Waals surface area contributed by atoms with Crippen molar-refractivity contribution in [2.75, 3.05) is 13.7 Å². The Bertz CT molecular complexity index is 624. The quantitative estimate of drug-likeness (QED) is 0.877. The Labute approximate surface area is 117 Å². The predicted octanol–water partition coefficient (Wildman–Crippen LogP) is 1.18. The first kappa shape index (κ1) is 12.9. The topological polar surface area (TPSA) is 86.2 Å². The number of aromatic hydroxyl groups is 1. The van der Waals surface area contributed by atoms with Crippen LogP contribution in [0.25, 0.3) is 11.4 Å². The third kappa shape index (κ3) is 2.22. The lowest BCUT2D eigenvalue weighted by atomic mass is 9.98. The third-order valence-electron chi connectivity index (χ3n) is 3.74. The van der Waals surface area contributed by atoms with Crippen LogP contribution in [-0.2, 0) is 13.0 Å². The highest BCUT2D eigenvalue weighted by molar-refractivity contribution is 5.60. The van der Waals surface area contributed by atoms with Crippen molar-refractivity contribution >= 4 is 0 Å². The fourth-order valence-electron chi connectivity index (χ4n) is 2.51. The standard InChI is InChI=1S/C14H18N4O2/c1-20-12-7-10(2-3-11(12)19)14-16-13-6-9(8-15)4-5-18(13)17-14/h2-3,7,9,19H,4-6,8,15H2,1H3. The molecule has 1 atom stereocenters. The molecule has 0 bridgehead atoms. The van der Waals surface area contributed by atoms with Gasteiger partial charge in [0.1, 0.15) is 5.82 Å². The number of hydrogen-bond donors (Lipinski definition) is 2. The van der Waals surface area contributed by atoms with Crippen molar-refractivity contribution in [3.05, 3.63) is 24.0 Å². The number of hydrogen-bond acceptors (Lipinski definition) is 5. The Morgan fingerprint density at radius 2 is 2.35 bits per heavy atom. The maximum atomic E-state index is 9.63. The highest BCUT2D eigenvalue weighted by atomic mass is 16.5. The molecule has 20 heavy (non-hydrogen) atoms. The zero-order valence-corrected chi connectivity index (χ0v) is 11.4. The molecule has 3 rings (SSSR count). The van der Waals surface area contributed by atoms with Crippen LogP contribution in [0.4, 0.5) is 0 Å². The smallest absolute Gasteiger partial charge is 0.181 e. The van der Waals surface area contributed by atoms with Gasteiger partial charge in [-0.05, 0) is 37.1 Å². The summed E-state index contributed by atoms with van der Waals surface area (Å²) in [7, 11) is 1.52. The van der Waals surface area contributed by atoms with Crippen molar-refractivity contribution in [2.45, 2.75) is 19.4 Å². The Hall–Kier alpha value is -2.08. The number of phenols is 1. The SMILES string of the molecule is COc1cc(-c2nc3n(n2)CCC(CN)C3)ccc1O. The molecule has 1 aromatic carbocycles. The number of methoxy groups -OCH3 is 1. The lowest BCUT2D eigenvalue weighted by molar-refractivity contribution is 0.369. The Balaban J connectivity index is 1.94. The first-order chi connectivity index (χ1) is 9.71. The van der Waals surface area contributed by atoms with Gasteiger partial charge in [-0.3, -0.25) is 0 Å². The van der Waals surface area contributed by atoms with Gasteiger partial charge in [-0.1, -0.05) is 0 Å². The molecule has 1 aromatic heterocycles. The van der Waals surface area contributed by atoms with Crippen LogP contribution in [0.5, 0.6) is 11.5 Å². The van der Waals surface area contributed by atoms with Crippen LogP contribution in [0.2, 0.25) is 0 Å². The molecule has 106 valence electrons. The van der Waals surface area contributed by atoms with E-state index >= 15 is 0 Å². The monoisotopic (exact) mass is 274 g/mol. The van der Waals surface area contributed by atoms with E-state index in [-0.39, 0.29) is 5.75 Å². The van der Waals surface area contributed by atoms with Gasteiger partial charge < -0.3 is 15.6 Å². The second-order valence-corrected chi connectivity index (χ2v) is 5.06. The van der Waals surface area contributed by atoms with Crippen molar-refractivity contribution in [3.8, 4) is 22.9 Å². The minimum absolute atomic E-state index is 0.114. The summed E-state index contributed by atoms with van der Waals surface area (Å²) < 4.78 is 7.06. The molecule has 0 fully saturated rings. The fraction of sp³-hybridized carbons (Fsp3) is 0.429. The molecule has 0 amide bonds. The van der Waals surface area contributed by atoms with Crippen molar-refractivity contribution < 1.29 is 9.84 Å². The average molecular weight is 274 g/mol. The van der Waals surface area contributed by atoms with E-state index in [4.69, 9.17) is 10.5 Å². The summed E-state index contributed by atoms with van der Waals surface area (Å²) in [5.41, 5.74) is 6.57. The van der Waals surface area contributed by atoms with Gasteiger partial charge in [-0.2, -0.15) is 5.10 Å². The van der Waals surface area contributed by atoms with Crippen LogP contribution in [-0.4, -0.2) is 33.5 Å². The largest absolute Gasteiger partial charge is 0.504 e. The normalized spacial score (nSPS) is 17.8. The summed E-state index contributed by atoms with van der Waals surface area (Å²) in [5, 5.41) is 14.1. The van der Waals surface area contributed by atoms with E-state index in [2.05, 4.69) is 10.1 Å². The fourth-order valence-corrected chi connectivity index (χ4v) is 2.51. The zero-order chi connectivity index (χ0) is 14.1. The van der Waals surface area contributed by atoms with Crippen molar-refractivity contribution in [1.29, 1.82) is 0 Å². The maximum Gasteiger partial charge on any atom is 0.181 e. The Morgan fingerprint density at radius 3 is 3.10 bits per heavy atom. The highest BCUT2D eigenvalue weighted by Gasteiger charge is 2.21. The molecule has 2 aromatic rings. The van der Waals surface area contributed by atoms with Crippen molar-refractivity contribution in [1.82, 2.24) is 14.8 Å². The molecule has 0 radical (unpaired) electrons. The lowest BCUT2D eigenvalue weighted by Crippen LogP contribution is -2.25. The van der Waals surface area contributed by atoms with E-state index in [0.29, 0.717) is 24.0 Å². The molecule has 0 aliphatic carbocycles. The van der Waals surface area contributed by atoms with Crippen LogP contribution >= 0.6 is 0 Å². The number of benzene rings is 1. The summed E-state index contributed by atoms with van der Waals surface area (Å²) in [5.74, 6) is 2.68. The number of aromatic nitrogens is 3. The first-order valence-corrected chi connectivity index (χ1v) is 6.72. The summed E-state index contributed by atoms with van der Waals surface area (Å²) >= 11 is 0. The van der Waals surface area contributed by atoms with Gasteiger partial charge in [0, 0.05) is 18.5 Å². The Kier molecular flexibility index (Phi) is 3.31. The Morgan fingerprint density at radius 1 is 1.50 bits per heavy atom. The molecule has 1 aliphatic heterocycles. The van der Waals surface area contributed by atoms with Gasteiger partial charge in [0.25, 0.3) is 0 Å². The number of aryl methyl sites for hydroxylation is 1. The number of fused-ring (bicyclic) bond motifs is 1. The van der Waals surface area contributed by atoms with E-state index in [1.165, 1.54) is 7.11 Å². The molecule has 0 saturated heterocycles. The lowest BCUT2D eigenvalue weighted by Gasteiger charge is -2.19. The van der Waals surface area contributed by atoms with E-state index < -0.39 is 0 Å². The zero-order valence-electron chi connectivity index (χ0n) is 11.4. The van der Waals surface area contributed by atoms with Crippen molar-refractivity contribution in [2.24, 2.45) is 11.7 Å². The summed E-state index contributed by atoms with van der Waals surface area (Å²) in [6, 6.07) is 5.13. The number of nitrogens with zero attached hydrogens (tertiary/aromatic N) is 3. The van der Waals surface area contributed by atoms with Crippen LogP contribution in [0.3, 0.4) is 0 Å². The number of rotatable bonds is 3. The second kappa shape index (κ2) is 5.13. The summed E-state index contributed by atoms with van der Waals surface area (Å²) in [4.78, 5) is 4.58. The molecule has 0 spiro atoms. The van der Waals surface area contributed by atoms with E-state index in [1.807, 2.05) is 4.68 Å². The van der Waals surface area contributed by atoms with Gasteiger partial charge in [0.2, 0.25) is 0 Å². The highest BCUT2D eigenvalue weighted by Crippen LogP contribution is 2.30. The summed E-state index contributed by atoms with van der Waals surface area (Å²) in [6.07, 6.45) is 1.92. The van der Waals surface area contributed by atoms with Crippen LogP contribution < -0.4 is 10.5 Å². The molecular formula is C14H18N4O2. The molecule has 0 saturated carbocycles.